The molecule has 2 aromatic carbocycles. The van der Waals surface area contributed by atoms with E-state index in [-0.39, 0.29) is 0 Å². The number of pyridine rings is 1. The van der Waals surface area contributed by atoms with Crippen LogP contribution >= 0.6 is 11.8 Å². The molecule has 0 amide bonds. The summed E-state index contributed by atoms with van der Waals surface area (Å²) in [6, 6.07) is 22.1. The molecule has 0 unspecified atom stereocenters. The molecule has 1 aliphatic heterocycles. The number of fused-ring (bicyclic) bond motifs is 1. The number of thioether (sulfide) groups is 1. The van der Waals surface area contributed by atoms with Crippen molar-refractivity contribution >= 4 is 28.9 Å². The van der Waals surface area contributed by atoms with Crippen LogP contribution < -0.4 is 16.8 Å². The van der Waals surface area contributed by atoms with Gasteiger partial charge < -0.3 is 16.8 Å². The van der Waals surface area contributed by atoms with Crippen LogP contribution in [0.15, 0.2) is 113 Å². The molecule has 0 bridgehead atoms. The zero-order valence-corrected chi connectivity index (χ0v) is 19.6. The number of nitrogens with zero attached hydrogens (tertiary/aromatic N) is 2. The number of hydrogen-bond donors (Lipinski definition) is 3. The van der Waals surface area contributed by atoms with Crippen LogP contribution in [0.5, 0.6) is 0 Å². The average molecular weight is 456 g/mol. The summed E-state index contributed by atoms with van der Waals surface area (Å²) in [5, 5.41) is 4.08. The van der Waals surface area contributed by atoms with Gasteiger partial charge in [-0.2, -0.15) is 0 Å². The molecule has 0 radical (unpaired) electrons. The number of benzene rings is 2. The van der Waals surface area contributed by atoms with Gasteiger partial charge in [-0.25, -0.2) is 4.99 Å². The van der Waals surface area contributed by atoms with Gasteiger partial charge in [0.25, 0.3) is 0 Å². The standard InChI is InChI=1S/C25H25N5S.C2H4/c1-2-8-20(29-16-19-11-6-7-14-28-19)18-12-13-22-21(15-18)30-24(23(26)25(27)31-22)17-9-4-3-5-10-17;1-2/h3-15,29H,2,16,26-27H2,1H3;1-2H2/b20-8-;. The zero-order chi connectivity index (χ0) is 23.6. The van der Waals surface area contributed by atoms with Gasteiger partial charge in [-0.1, -0.05) is 67.2 Å². The van der Waals surface area contributed by atoms with Gasteiger partial charge in [-0.3, -0.25) is 4.98 Å². The van der Waals surface area contributed by atoms with Crippen molar-refractivity contribution in [1.82, 2.24) is 10.3 Å². The van der Waals surface area contributed by atoms with Crippen molar-refractivity contribution in [2.24, 2.45) is 16.5 Å². The van der Waals surface area contributed by atoms with Crippen LogP contribution in [0.3, 0.4) is 0 Å². The number of aliphatic imine (C=N–C) groups is 1. The highest BCUT2D eigenvalue weighted by atomic mass is 32.2. The van der Waals surface area contributed by atoms with E-state index < -0.39 is 0 Å². The maximum absolute atomic E-state index is 6.36. The van der Waals surface area contributed by atoms with Crippen molar-refractivity contribution in [2.75, 3.05) is 0 Å². The minimum atomic E-state index is 0.506. The second-order valence-electron chi connectivity index (χ2n) is 7.09. The monoisotopic (exact) mass is 455 g/mol. The van der Waals surface area contributed by atoms with Gasteiger partial charge in [0.1, 0.15) is 0 Å². The lowest BCUT2D eigenvalue weighted by Gasteiger charge is -2.13. The number of nitrogens with one attached hydrogen (secondary N) is 1. The molecule has 0 spiro atoms. The van der Waals surface area contributed by atoms with Gasteiger partial charge in [0.15, 0.2) is 0 Å². The molecule has 0 atom stereocenters. The first-order chi connectivity index (χ1) is 16.2. The van der Waals surface area contributed by atoms with E-state index in [0.29, 0.717) is 23.0 Å². The summed E-state index contributed by atoms with van der Waals surface area (Å²) in [6.07, 6.45) is 4.90. The van der Waals surface area contributed by atoms with Crippen LogP contribution in [0.2, 0.25) is 0 Å². The quantitative estimate of drug-likeness (QED) is 0.413. The predicted octanol–water partition coefficient (Wildman–Crippen LogP) is 5.74. The van der Waals surface area contributed by atoms with Gasteiger partial charge in [-0.05, 0) is 36.2 Å². The van der Waals surface area contributed by atoms with Crippen molar-refractivity contribution in [3.05, 3.63) is 120 Å². The lowest BCUT2D eigenvalue weighted by Crippen LogP contribution is -2.17. The maximum atomic E-state index is 6.36. The minimum absolute atomic E-state index is 0.506. The van der Waals surface area contributed by atoms with Gasteiger partial charge >= 0.3 is 0 Å². The van der Waals surface area contributed by atoms with Gasteiger partial charge in [-0.15, -0.1) is 13.2 Å². The Morgan fingerprint density at radius 1 is 1.03 bits per heavy atom. The van der Waals surface area contributed by atoms with Crippen LogP contribution in [-0.2, 0) is 6.54 Å². The maximum Gasteiger partial charge on any atom is 0.0965 e. The number of aromatic nitrogens is 1. The van der Waals surface area contributed by atoms with E-state index in [4.69, 9.17) is 16.5 Å². The Morgan fingerprint density at radius 3 is 2.48 bits per heavy atom. The Bertz CT molecular complexity index is 1170. The summed E-state index contributed by atoms with van der Waals surface area (Å²) in [7, 11) is 0. The lowest BCUT2D eigenvalue weighted by atomic mass is 10.1. The molecular formula is C27H29N5S. The second kappa shape index (κ2) is 11.7. The van der Waals surface area contributed by atoms with Crippen molar-refractivity contribution in [3.8, 4) is 0 Å². The zero-order valence-electron chi connectivity index (χ0n) is 18.8. The van der Waals surface area contributed by atoms with Crippen molar-refractivity contribution in [3.63, 3.8) is 0 Å². The largest absolute Gasteiger partial charge is 0.395 e. The normalized spacial score (nSPS) is 13.2. The molecule has 4 rings (SSSR count). The summed E-state index contributed by atoms with van der Waals surface area (Å²) in [6.45, 7) is 8.78. The number of allylic oxidation sites excluding steroid dienone is 2. The van der Waals surface area contributed by atoms with Crippen LogP contribution in [0.4, 0.5) is 5.69 Å². The molecule has 0 saturated carbocycles. The number of hydrogen-bond acceptors (Lipinski definition) is 6. The average Bonchev–Trinajstić information content (AvgIpc) is 2.99. The Balaban J connectivity index is 0.00000149. The van der Waals surface area contributed by atoms with E-state index in [1.54, 1.807) is 0 Å². The molecule has 5 nitrogen and oxygen atoms in total. The highest BCUT2D eigenvalue weighted by molar-refractivity contribution is 8.03. The highest BCUT2D eigenvalue weighted by Crippen LogP contribution is 2.38. The molecule has 2 heterocycles. The SMILES string of the molecule is C=C.CC/C=C(\NCc1ccccn1)c1ccc2c(c1)N=C(c1ccccc1)C(N)=C(N)S2. The molecular weight excluding hydrogens is 426 g/mol. The topological polar surface area (TPSA) is 89.3 Å². The minimum Gasteiger partial charge on any atom is -0.395 e. The van der Waals surface area contributed by atoms with E-state index in [1.165, 1.54) is 11.8 Å². The smallest absolute Gasteiger partial charge is 0.0965 e. The van der Waals surface area contributed by atoms with E-state index >= 15 is 0 Å². The second-order valence-corrected chi connectivity index (χ2v) is 8.17. The molecule has 0 aliphatic carbocycles. The fraction of sp³-hybridized carbons (Fsp3) is 0.111. The summed E-state index contributed by atoms with van der Waals surface area (Å²) < 4.78 is 0. The third-order valence-corrected chi connectivity index (χ3v) is 5.89. The van der Waals surface area contributed by atoms with E-state index in [2.05, 4.69) is 54.7 Å². The van der Waals surface area contributed by atoms with Crippen LogP contribution in [-0.4, -0.2) is 10.7 Å². The van der Waals surface area contributed by atoms with E-state index in [1.807, 2.05) is 54.7 Å². The van der Waals surface area contributed by atoms with Crippen molar-refractivity contribution in [1.29, 1.82) is 0 Å². The van der Waals surface area contributed by atoms with Gasteiger partial charge in [0, 0.05) is 22.4 Å². The number of rotatable bonds is 6. The Hall–Kier alpha value is -3.77. The molecule has 0 fully saturated rings. The van der Waals surface area contributed by atoms with Crippen molar-refractivity contribution in [2.45, 2.75) is 24.8 Å². The van der Waals surface area contributed by atoms with Gasteiger partial charge in [0.2, 0.25) is 0 Å². The fourth-order valence-corrected chi connectivity index (χ4v) is 4.12. The third-order valence-electron chi connectivity index (χ3n) is 4.88. The fourth-order valence-electron chi connectivity index (χ4n) is 3.33. The Kier molecular flexibility index (Phi) is 8.49. The molecule has 5 N–H and O–H groups in total. The van der Waals surface area contributed by atoms with Crippen molar-refractivity contribution < 1.29 is 0 Å². The Morgan fingerprint density at radius 2 is 1.79 bits per heavy atom. The predicted molar refractivity (Wildman–Crippen MR) is 141 cm³/mol. The van der Waals surface area contributed by atoms with E-state index in [0.717, 1.165) is 39.5 Å². The Labute approximate surface area is 200 Å². The molecule has 3 aromatic rings. The molecule has 6 heteroatoms. The molecule has 1 aromatic heterocycles. The van der Waals surface area contributed by atoms with Crippen LogP contribution in [0.1, 0.15) is 30.2 Å². The molecule has 0 saturated heterocycles. The summed E-state index contributed by atoms with van der Waals surface area (Å²) in [5.74, 6) is 0. The van der Waals surface area contributed by atoms with Crippen LogP contribution in [0.25, 0.3) is 5.70 Å². The first-order valence-electron chi connectivity index (χ1n) is 10.7. The molecule has 168 valence electrons. The summed E-state index contributed by atoms with van der Waals surface area (Å²) in [5.41, 5.74) is 18.8. The molecule has 1 aliphatic rings. The van der Waals surface area contributed by atoms with Crippen LogP contribution in [0, 0.1) is 0 Å². The first kappa shape index (κ1) is 23.9. The lowest BCUT2D eigenvalue weighted by molar-refractivity contribution is 0.849. The highest BCUT2D eigenvalue weighted by Gasteiger charge is 2.19. The van der Waals surface area contributed by atoms with E-state index in [9.17, 15) is 0 Å². The number of nitrogens with two attached hydrogens (primary N) is 2. The third kappa shape index (κ3) is 5.93. The van der Waals surface area contributed by atoms with Gasteiger partial charge in [0.05, 0.1) is 34.4 Å². The first-order valence-corrected chi connectivity index (χ1v) is 11.5. The summed E-state index contributed by atoms with van der Waals surface area (Å²) >= 11 is 1.45. The molecule has 33 heavy (non-hydrogen) atoms. The summed E-state index contributed by atoms with van der Waals surface area (Å²) in [4.78, 5) is 10.3.